The lowest BCUT2D eigenvalue weighted by Crippen LogP contribution is -2.46. The number of carbonyl (C=O) groups is 1. The molecule has 160 valence electrons. The predicted molar refractivity (Wildman–Crippen MR) is 107 cm³/mol. The molecular formula is C22H25F3N4O. The highest BCUT2D eigenvalue weighted by Gasteiger charge is 2.43. The Labute approximate surface area is 173 Å². The molecule has 8 heteroatoms. The van der Waals surface area contributed by atoms with Crippen LogP contribution in [0.4, 0.5) is 19.0 Å². The lowest BCUT2D eigenvalue weighted by molar-refractivity contribution is -0.140. The van der Waals surface area contributed by atoms with Crippen LogP contribution in [0, 0.1) is 13.8 Å². The zero-order chi connectivity index (χ0) is 21.5. The summed E-state index contributed by atoms with van der Waals surface area (Å²) in [6.45, 7) is 4.46. The molecule has 1 amide bonds. The summed E-state index contributed by atoms with van der Waals surface area (Å²) in [5, 5.41) is 0. The molecule has 1 aromatic heterocycles. The van der Waals surface area contributed by atoms with Crippen molar-refractivity contribution in [2.75, 3.05) is 11.4 Å². The number of aryl methyl sites for hydroxylation is 2. The minimum atomic E-state index is -4.44. The molecule has 0 unspecified atom stereocenters. The number of likely N-dealkylation sites (tertiary alicyclic amines) is 1. The van der Waals surface area contributed by atoms with Crippen LogP contribution < -0.4 is 4.90 Å². The zero-order valence-corrected chi connectivity index (χ0v) is 17.1. The molecule has 4 rings (SSSR count). The van der Waals surface area contributed by atoms with Crippen molar-refractivity contribution in [3.63, 3.8) is 0 Å². The number of anilines is 1. The first-order chi connectivity index (χ1) is 14.2. The van der Waals surface area contributed by atoms with Gasteiger partial charge in [-0.15, -0.1) is 0 Å². The lowest BCUT2D eigenvalue weighted by Gasteiger charge is -2.34. The number of carbonyl (C=O) groups excluding carboxylic acids is 1. The maximum Gasteiger partial charge on any atom is 0.416 e. The predicted octanol–water partition coefficient (Wildman–Crippen LogP) is 4.27. The molecule has 5 nitrogen and oxygen atoms in total. The Bertz CT molecular complexity index is 926. The van der Waals surface area contributed by atoms with E-state index in [9.17, 15) is 18.0 Å². The van der Waals surface area contributed by atoms with E-state index in [-0.39, 0.29) is 30.1 Å². The van der Waals surface area contributed by atoms with Crippen molar-refractivity contribution in [1.82, 2.24) is 14.9 Å². The topological polar surface area (TPSA) is 49.3 Å². The maximum absolute atomic E-state index is 13.5. The zero-order valence-electron chi connectivity index (χ0n) is 17.1. The van der Waals surface area contributed by atoms with Crippen molar-refractivity contribution in [3.05, 3.63) is 53.0 Å². The number of benzene rings is 1. The molecule has 2 saturated heterocycles. The molecule has 30 heavy (non-hydrogen) atoms. The number of amides is 1. The minimum Gasteiger partial charge on any atom is -0.351 e. The molecular weight excluding hydrogens is 393 g/mol. The van der Waals surface area contributed by atoms with Crippen LogP contribution in [0.3, 0.4) is 0 Å². The van der Waals surface area contributed by atoms with Crippen molar-refractivity contribution < 1.29 is 18.0 Å². The smallest absolute Gasteiger partial charge is 0.351 e. The second-order valence-corrected chi connectivity index (χ2v) is 8.10. The molecule has 0 aliphatic carbocycles. The third kappa shape index (κ3) is 4.00. The Balaban J connectivity index is 1.64. The number of nitrogens with zero attached hydrogens (tertiary/aromatic N) is 4. The van der Waals surface area contributed by atoms with Gasteiger partial charge in [-0.25, -0.2) is 9.97 Å². The van der Waals surface area contributed by atoms with E-state index in [0.717, 1.165) is 37.0 Å². The van der Waals surface area contributed by atoms with Gasteiger partial charge in [0.1, 0.15) is 11.6 Å². The summed E-state index contributed by atoms with van der Waals surface area (Å²) < 4.78 is 40.4. The van der Waals surface area contributed by atoms with Crippen molar-refractivity contribution >= 4 is 11.7 Å². The average molecular weight is 418 g/mol. The first-order valence-electron chi connectivity index (χ1n) is 10.3. The summed E-state index contributed by atoms with van der Waals surface area (Å²) in [7, 11) is 0. The van der Waals surface area contributed by atoms with E-state index >= 15 is 0 Å². The number of rotatable bonds is 3. The number of hydrogen-bond donors (Lipinski definition) is 0. The van der Waals surface area contributed by atoms with Crippen LogP contribution in [0.1, 0.15) is 48.3 Å². The maximum atomic E-state index is 13.5. The fraction of sp³-hybridized carbons (Fsp3) is 0.500. The van der Waals surface area contributed by atoms with Gasteiger partial charge in [-0.2, -0.15) is 13.2 Å². The monoisotopic (exact) mass is 418 g/mol. The quantitative estimate of drug-likeness (QED) is 0.747. The third-order valence-corrected chi connectivity index (χ3v) is 6.03. The van der Waals surface area contributed by atoms with E-state index < -0.39 is 11.7 Å². The molecule has 2 atom stereocenters. The highest BCUT2D eigenvalue weighted by atomic mass is 19.4. The second kappa shape index (κ2) is 7.89. The third-order valence-electron chi connectivity index (χ3n) is 6.03. The van der Waals surface area contributed by atoms with Crippen molar-refractivity contribution in [1.29, 1.82) is 0 Å². The molecule has 0 N–H and O–H groups in total. The molecule has 0 spiro atoms. The summed E-state index contributed by atoms with van der Waals surface area (Å²) in [6.07, 6.45) is -1.83. The Morgan fingerprint density at radius 2 is 1.87 bits per heavy atom. The Hall–Kier alpha value is -2.64. The van der Waals surface area contributed by atoms with E-state index in [1.165, 1.54) is 12.1 Å². The fourth-order valence-electron chi connectivity index (χ4n) is 4.79. The molecule has 2 aromatic rings. The summed E-state index contributed by atoms with van der Waals surface area (Å²) in [6, 6.07) is 7.39. The van der Waals surface area contributed by atoms with Gasteiger partial charge in [0, 0.05) is 31.3 Å². The van der Waals surface area contributed by atoms with Gasteiger partial charge in [0.05, 0.1) is 17.6 Å². The number of aromatic nitrogens is 2. The largest absolute Gasteiger partial charge is 0.416 e. The standard InChI is InChI=1S/C22H25F3N4O/c1-14-12-20(27-15(2)26-14)28-11-10-19-18(28)8-5-9-21(30)29(19)13-16-6-3-4-7-17(16)22(23,24)25/h3-4,6-7,12,18-19H,5,8-11,13H2,1-2H3/t18-,19-/m1/s1. The van der Waals surface area contributed by atoms with Crippen LogP contribution in [-0.4, -0.2) is 39.4 Å². The van der Waals surface area contributed by atoms with E-state index in [1.807, 2.05) is 19.9 Å². The van der Waals surface area contributed by atoms with Crippen LogP contribution in [0.2, 0.25) is 0 Å². The summed E-state index contributed by atoms with van der Waals surface area (Å²) in [5.41, 5.74) is 0.350. The molecule has 3 heterocycles. The first-order valence-corrected chi connectivity index (χ1v) is 10.3. The average Bonchev–Trinajstić information content (AvgIpc) is 3.02. The van der Waals surface area contributed by atoms with E-state index in [1.54, 1.807) is 11.0 Å². The number of alkyl halides is 3. The highest BCUT2D eigenvalue weighted by molar-refractivity contribution is 5.77. The number of fused-ring (bicyclic) bond motifs is 1. The van der Waals surface area contributed by atoms with Gasteiger partial charge in [-0.3, -0.25) is 4.79 Å². The second-order valence-electron chi connectivity index (χ2n) is 8.10. The van der Waals surface area contributed by atoms with Gasteiger partial charge < -0.3 is 9.80 Å². The fourth-order valence-corrected chi connectivity index (χ4v) is 4.79. The molecule has 1 aromatic carbocycles. The minimum absolute atomic E-state index is 0.0225. The molecule has 0 radical (unpaired) electrons. The van der Waals surface area contributed by atoms with Crippen molar-refractivity contribution in [3.8, 4) is 0 Å². The first kappa shape index (κ1) is 20.6. The SMILES string of the molecule is Cc1cc(N2CC[C@@H]3[C@H]2CCCC(=O)N3Cc2ccccc2C(F)(F)F)nc(C)n1. The van der Waals surface area contributed by atoms with Gasteiger partial charge in [0.25, 0.3) is 0 Å². The molecule has 0 bridgehead atoms. The molecule has 2 fully saturated rings. The Morgan fingerprint density at radius 3 is 2.60 bits per heavy atom. The number of hydrogen-bond acceptors (Lipinski definition) is 4. The number of halogens is 3. The molecule has 2 aliphatic heterocycles. The molecule has 0 saturated carbocycles. The van der Waals surface area contributed by atoms with E-state index in [4.69, 9.17) is 0 Å². The van der Waals surface area contributed by atoms with Crippen LogP contribution in [0.5, 0.6) is 0 Å². The van der Waals surface area contributed by atoms with Gasteiger partial charge in [0.15, 0.2) is 0 Å². The molecule has 2 aliphatic rings. The van der Waals surface area contributed by atoms with Crippen LogP contribution >= 0.6 is 0 Å². The van der Waals surface area contributed by atoms with Crippen molar-refractivity contribution in [2.24, 2.45) is 0 Å². The Morgan fingerprint density at radius 1 is 1.10 bits per heavy atom. The highest BCUT2D eigenvalue weighted by Crippen LogP contribution is 2.37. The normalized spacial score (nSPS) is 22.2. The van der Waals surface area contributed by atoms with Crippen LogP contribution in [0.15, 0.2) is 30.3 Å². The van der Waals surface area contributed by atoms with Crippen LogP contribution in [-0.2, 0) is 17.5 Å². The summed E-state index contributed by atoms with van der Waals surface area (Å²) >= 11 is 0. The van der Waals surface area contributed by atoms with Gasteiger partial charge in [0.2, 0.25) is 5.91 Å². The van der Waals surface area contributed by atoms with Crippen molar-refractivity contribution in [2.45, 2.75) is 64.3 Å². The van der Waals surface area contributed by atoms with Crippen LogP contribution in [0.25, 0.3) is 0 Å². The lowest BCUT2D eigenvalue weighted by atomic mass is 10.0. The van der Waals surface area contributed by atoms with Gasteiger partial charge in [-0.05, 0) is 44.7 Å². The van der Waals surface area contributed by atoms with Gasteiger partial charge >= 0.3 is 6.18 Å². The van der Waals surface area contributed by atoms with Gasteiger partial charge in [-0.1, -0.05) is 18.2 Å². The van der Waals surface area contributed by atoms with E-state index in [2.05, 4.69) is 14.9 Å². The Kier molecular flexibility index (Phi) is 5.42. The summed E-state index contributed by atoms with van der Waals surface area (Å²) in [4.78, 5) is 25.7. The van der Waals surface area contributed by atoms with E-state index in [0.29, 0.717) is 18.7 Å². The summed E-state index contributed by atoms with van der Waals surface area (Å²) in [5.74, 6) is 1.45.